The minimum absolute atomic E-state index is 0.327. The topological polar surface area (TPSA) is 35.1 Å². The second-order valence-corrected chi connectivity index (χ2v) is 8.93. The van der Waals surface area contributed by atoms with Gasteiger partial charge in [-0.3, -0.25) is 0 Å². The van der Waals surface area contributed by atoms with Crippen molar-refractivity contribution in [3.63, 3.8) is 0 Å². The minimum atomic E-state index is -0.327. The number of carbonyl (C=O) groups excluding carboxylic acids is 1. The summed E-state index contributed by atoms with van der Waals surface area (Å²) in [5.74, 6) is -0.327. The van der Waals surface area contributed by atoms with Gasteiger partial charge < -0.3 is 4.74 Å². The number of carbonyl (C=O) groups is 1. The fraction of sp³-hybridized carbons (Fsp3) is 0.0968. The number of esters is 1. The van der Waals surface area contributed by atoms with E-state index in [1.54, 1.807) is 0 Å². The first kappa shape index (κ1) is 21.1. The molecule has 35 heavy (non-hydrogen) atoms. The zero-order valence-corrected chi connectivity index (χ0v) is 19.5. The van der Waals surface area contributed by atoms with Crippen molar-refractivity contribution in [2.45, 2.75) is 13.1 Å². The Balaban J connectivity index is 1.43. The number of imidazole rings is 1. The molecule has 0 radical (unpaired) electrons. The first-order valence-corrected chi connectivity index (χ1v) is 11.7. The lowest BCUT2D eigenvalue weighted by Crippen LogP contribution is -2.32. The summed E-state index contributed by atoms with van der Waals surface area (Å²) >= 11 is 0. The Labute approximate surface area is 203 Å². The Morgan fingerprint density at radius 1 is 0.743 bits per heavy atom. The monoisotopic (exact) mass is 457 g/mol. The van der Waals surface area contributed by atoms with Gasteiger partial charge in [-0.1, -0.05) is 72.8 Å². The average Bonchev–Trinajstić information content (AvgIpc) is 3.24. The van der Waals surface area contributed by atoms with Crippen molar-refractivity contribution in [3.05, 3.63) is 126 Å². The molecule has 6 rings (SSSR count). The summed E-state index contributed by atoms with van der Waals surface area (Å²) in [5.41, 5.74) is 5.07. The maximum Gasteiger partial charge on any atom is 0.338 e. The van der Waals surface area contributed by atoms with E-state index in [1.807, 2.05) is 18.2 Å². The smallest absolute Gasteiger partial charge is 0.338 e. The Morgan fingerprint density at radius 3 is 2.06 bits per heavy atom. The van der Waals surface area contributed by atoms with Crippen LogP contribution in [-0.2, 0) is 17.8 Å². The van der Waals surface area contributed by atoms with Gasteiger partial charge in [0.15, 0.2) is 11.0 Å². The summed E-state index contributed by atoms with van der Waals surface area (Å²) in [4.78, 5) is 12.3. The highest BCUT2D eigenvalue weighted by atomic mass is 16.5. The zero-order chi connectivity index (χ0) is 23.8. The van der Waals surface area contributed by atoms with Crippen molar-refractivity contribution in [2.24, 2.45) is 0 Å². The van der Waals surface area contributed by atoms with E-state index < -0.39 is 0 Å². The van der Waals surface area contributed by atoms with Gasteiger partial charge in [-0.05, 0) is 56.9 Å². The van der Waals surface area contributed by atoms with E-state index in [0.717, 1.165) is 17.6 Å². The molecule has 0 unspecified atom stereocenters. The van der Waals surface area contributed by atoms with E-state index in [1.165, 1.54) is 39.8 Å². The van der Waals surface area contributed by atoms with Gasteiger partial charge in [-0.25, -0.2) is 13.9 Å². The van der Waals surface area contributed by atoms with Gasteiger partial charge in [0.1, 0.15) is 13.1 Å². The molecular formula is C31H25N2O2+. The maximum absolute atomic E-state index is 12.3. The highest BCUT2D eigenvalue weighted by Gasteiger charge is 2.19. The number of benzene rings is 5. The van der Waals surface area contributed by atoms with Crippen LogP contribution in [0.25, 0.3) is 32.6 Å². The number of aromatic nitrogens is 2. The van der Waals surface area contributed by atoms with Gasteiger partial charge in [0.2, 0.25) is 6.33 Å². The standard InChI is InChI=1S/C31H25N2O2/c1-35-31(34)28-14-15-29-30(18-28)33(20-23-11-13-25-7-3-5-9-27(25)17-23)21-32(29)19-22-10-12-24-6-2-4-8-26(24)16-22/h2-18,21H,19-20H2,1H3/q+1. The highest BCUT2D eigenvalue weighted by molar-refractivity contribution is 5.93. The van der Waals surface area contributed by atoms with E-state index in [0.29, 0.717) is 12.1 Å². The number of fused-ring (bicyclic) bond motifs is 3. The number of methoxy groups -OCH3 is 1. The molecule has 0 amide bonds. The molecule has 0 aliphatic rings. The zero-order valence-electron chi connectivity index (χ0n) is 19.5. The largest absolute Gasteiger partial charge is 0.465 e. The molecule has 0 spiro atoms. The lowest BCUT2D eigenvalue weighted by molar-refractivity contribution is -0.663. The molecule has 0 saturated heterocycles. The lowest BCUT2D eigenvalue weighted by atomic mass is 10.1. The summed E-state index contributed by atoms with van der Waals surface area (Å²) in [6.45, 7) is 1.44. The third kappa shape index (κ3) is 4.04. The fourth-order valence-electron chi connectivity index (χ4n) is 4.85. The van der Waals surface area contributed by atoms with Crippen LogP contribution in [0.2, 0.25) is 0 Å². The van der Waals surface area contributed by atoms with Crippen LogP contribution in [0.3, 0.4) is 0 Å². The van der Waals surface area contributed by atoms with Gasteiger partial charge in [-0.15, -0.1) is 0 Å². The Hall–Kier alpha value is -4.44. The van der Waals surface area contributed by atoms with Crippen molar-refractivity contribution < 1.29 is 14.1 Å². The maximum atomic E-state index is 12.3. The molecule has 6 aromatic rings. The average molecular weight is 458 g/mol. The van der Waals surface area contributed by atoms with Crippen molar-refractivity contribution >= 4 is 38.5 Å². The van der Waals surface area contributed by atoms with Gasteiger partial charge in [0.25, 0.3) is 0 Å². The van der Waals surface area contributed by atoms with Gasteiger partial charge in [0.05, 0.1) is 12.7 Å². The fourth-order valence-corrected chi connectivity index (χ4v) is 4.85. The molecule has 0 fully saturated rings. The summed E-state index contributed by atoms with van der Waals surface area (Å²) in [6.07, 6.45) is 2.15. The number of hydrogen-bond acceptors (Lipinski definition) is 2. The molecule has 4 nitrogen and oxygen atoms in total. The molecule has 0 aliphatic heterocycles. The SMILES string of the molecule is COC(=O)c1ccc2c(c1)n(Cc1ccc3ccccc3c1)c[n+]2Cc1ccc2ccccc2c1. The number of ether oxygens (including phenoxy) is 1. The number of hydrogen-bond donors (Lipinski definition) is 0. The van der Waals surface area contributed by atoms with E-state index in [4.69, 9.17) is 4.74 Å². The second-order valence-electron chi connectivity index (χ2n) is 8.93. The first-order valence-electron chi connectivity index (χ1n) is 11.7. The third-order valence-electron chi connectivity index (χ3n) is 6.63. The molecule has 1 aromatic heterocycles. The highest BCUT2D eigenvalue weighted by Crippen LogP contribution is 2.21. The quantitative estimate of drug-likeness (QED) is 0.231. The van der Waals surface area contributed by atoms with Crippen LogP contribution in [-0.4, -0.2) is 17.6 Å². The van der Waals surface area contributed by atoms with E-state index >= 15 is 0 Å². The Kier molecular flexibility index (Phi) is 5.27. The lowest BCUT2D eigenvalue weighted by Gasteiger charge is -2.03. The van der Waals surface area contributed by atoms with Crippen LogP contribution in [0.5, 0.6) is 0 Å². The molecule has 1 heterocycles. The summed E-state index contributed by atoms with van der Waals surface area (Å²) in [5, 5.41) is 4.93. The van der Waals surface area contributed by atoms with Crippen molar-refractivity contribution in [2.75, 3.05) is 7.11 Å². The van der Waals surface area contributed by atoms with E-state index in [-0.39, 0.29) is 5.97 Å². The van der Waals surface area contributed by atoms with Crippen LogP contribution >= 0.6 is 0 Å². The van der Waals surface area contributed by atoms with Crippen LogP contribution in [0, 0.1) is 0 Å². The van der Waals surface area contributed by atoms with E-state index in [9.17, 15) is 4.79 Å². The van der Waals surface area contributed by atoms with Crippen LogP contribution in [0.1, 0.15) is 21.5 Å². The van der Waals surface area contributed by atoms with Crippen LogP contribution < -0.4 is 4.57 Å². The predicted octanol–water partition coefficient (Wildman–Crippen LogP) is 6.12. The Bertz CT molecular complexity index is 1710. The number of rotatable bonds is 5. The first-order chi connectivity index (χ1) is 17.2. The molecule has 0 N–H and O–H groups in total. The minimum Gasteiger partial charge on any atom is -0.465 e. The van der Waals surface area contributed by atoms with Crippen molar-refractivity contribution in [1.29, 1.82) is 0 Å². The van der Waals surface area contributed by atoms with Crippen LogP contribution in [0.4, 0.5) is 0 Å². The molecule has 0 atom stereocenters. The third-order valence-corrected chi connectivity index (χ3v) is 6.63. The summed E-state index contributed by atoms with van der Waals surface area (Å²) in [7, 11) is 1.42. The molecular weight excluding hydrogens is 432 g/mol. The van der Waals surface area contributed by atoms with Crippen molar-refractivity contribution in [3.8, 4) is 0 Å². The molecule has 0 aliphatic carbocycles. The normalized spacial score (nSPS) is 11.3. The van der Waals surface area contributed by atoms with Crippen molar-refractivity contribution in [1.82, 2.24) is 4.57 Å². The second kappa shape index (κ2) is 8.73. The Morgan fingerprint density at radius 2 is 1.37 bits per heavy atom. The summed E-state index contributed by atoms with van der Waals surface area (Å²) < 4.78 is 9.45. The van der Waals surface area contributed by atoms with Gasteiger partial charge in [0, 0.05) is 6.07 Å². The van der Waals surface area contributed by atoms with Crippen LogP contribution in [0.15, 0.2) is 109 Å². The number of nitrogens with zero attached hydrogens (tertiary/aromatic N) is 2. The van der Waals surface area contributed by atoms with Gasteiger partial charge in [-0.2, -0.15) is 0 Å². The summed E-state index contributed by atoms with van der Waals surface area (Å²) in [6, 6.07) is 35.8. The predicted molar refractivity (Wildman–Crippen MR) is 140 cm³/mol. The molecule has 0 saturated carbocycles. The molecule has 4 heteroatoms. The molecule has 0 bridgehead atoms. The van der Waals surface area contributed by atoms with E-state index in [2.05, 4.69) is 100 Å². The molecule has 5 aromatic carbocycles. The molecule has 170 valence electrons. The van der Waals surface area contributed by atoms with Gasteiger partial charge >= 0.3 is 5.97 Å².